The van der Waals surface area contributed by atoms with Crippen molar-refractivity contribution in [2.75, 3.05) is 7.11 Å². The van der Waals surface area contributed by atoms with Gasteiger partial charge in [0.25, 0.3) is 0 Å². The van der Waals surface area contributed by atoms with Gasteiger partial charge in [0.15, 0.2) is 0 Å². The molecule has 0 saturated carbocycles. The standard InChI is InChI=1S/C6H14O8P2/c1-6(2,3)5(7)13-16(11,12-4)14-15(8,9)10/h1-4H3,(H2,8,9,10). The molecular weight excluding hydrogens is 262 g/mol. The molecule has 0 heterocycles. The van der Waals surface area contributed by atoms with Crippen molar-refractivity contribution < 1.29 is 37.1 Å². The summed E-state index contributed by atoms with van der Waals surface area (Å²) in [6, 6.07) is 0. The molecule has 96 valence electrons. The van der Waals surface area contributed by atoms with Crippen LogP contribution >= 0.6 is 15.6 Å². The lowest BCUT2D eigenvalue weighted by Gasteiger charge is -2.20. The van der Waals surface area contributed by atoms with E-state index in [1.807, 2.05) is 0 Å². The maximum Gasteiger partial charge on any atom is 0.541 e. The van der Waals surface area contributed by atoms with E-state index in [0.29, 0.717) is 0 Å². The lowest BCUT2D eigenvalue weighted by molar-refractivity contribution is -0.144. The Hall–Kier alpha value is -0.230. The van der Waals surface area contributed by atoms with Crippen LogP contribution in [-0.4, -0.2) is 22.9 Å². The largest absolute Gasteiger partial charge is 0.541 e. The molecule has 1 atom stereocenters. The number of phosphoric ester groups is 1. The highest BCUT2D eigenvalue weighted by atomic mass is 31.3. The molecule has 0 aromatic rings. The Morgan fingerprint density at radius 1 is 1.19 bits per heavy atom. The molecule has 0 aromatic heterocycles. The Morgan fingerprint density at radius 3 is 1.88 bits per heavy atom. The third-order valence-electron chi connectivity index (χ3n) is 1.24. The molecule has 0 aliphatic heterocycles. The van der Waals surface area contributed by atoms with Gasteiger partial charge in [-0.2, -0.15) is 4.31 Å². The summed E-state index contributed by atoms with van der Waals surface area (Å²) in [5.74, 6) is -0.967. The third kappa shape index (κ3) is 5.75. The zero-order chi connectivity index (χ0) is 13.2. The van der Waals surface area contributed by atoms with E-state index < -0.39 is 27.0 Å². The highest BCUT2D eigenvalue weighted by molar-refractivity contribution is 7.61. The van der Waals surface area contributed by atoms with Gasteiger partial charge in [-0.15, -0.1) is 0 Å². The van der Waals surface area contributed by atoms with Gasteiger partial charge in [-0.05, 0) is 20.8 Å². The van der Waals surface area contributed by atoms with E-state index in [9.17, 15) is 13.9 Å². The van der Waals surface area contributed by atoms with Crippen LogP contribution in [0.5, 0.6) is 0 Å². The molecule has 10 heteroatoms. The molecule has 0 saturated heterocycles. The Bertz CT molecular complexity index is 350. The van der Waals surface area contributed by atoms with Crippen molar-refractivity contribution in [1.82, 2.24) is 0 Å². The Kier molecular flexibility index (Phi) is 4.89. The maximum absolute atomic E-state index is 11.5. The van der Waals surface area contributed by atoms with Gasteiger partial charge in [-0.3, -0.25) is 9.32 Å². The van der Waals surface area contributed by atoms with Gasteiger partial charge in [-0.25, -0.2) is 9.13 Å². The van der Waals surface area contributed by atoms with Gasteiger partial charge < -0.3 is 14.3 Å². The third-order valence-corrected chi connectivity index (χ3v) is 3.72. The van der Waals surface area contributed by atoms with Crippen LogP contribution in [0.1, 0.15) is 20.8 Å². The van der Waals surface area contributed by atoms with Crippen LogP contribution in [0, 0.1) is 5.41 Å². The molecule has 0 amide bonds. The van der Waals surface area contributed by atoms with E-state index in [2.05, 4.69) is 13.4 Å². The van der Waals surface area contributed by atoms with Crippen molar-refractivity contribution in [3.05, 3.63) is 0 Å². The number of carbonyl (C=O) groups is 1. The second-order valence-corrected chi connectivity index (χ2v) is 6.91. The molecule has 0 bridgehead atoms. The van der Waals surface area contributed by atoms with Crippen LogP contribution < -0.4 is 0 Å². The molecule has 16 heavy (non-hydrogen) atoms. The minimum absolute atomic E-state index is 0.840. The zero-order valence-corrected chi connectivity index (χ0v) is 11.0. The topological polar surface area (TPSA) is 119 Å². The van der Waals surface area contributed by atoms with E-state index in [0.717, 1.165) is 7.11 Å². The fourth-order valence-electron chi connectivity index (χ4n) is 0.456. The van der Waals surface area contributed by atoms with Gasteiger partial charge >= 0.3 is 21.6 Å². The Labute approximate surface area is 92.8 Å². The molecule has 0 spiro atoms. The van der Waals surface area contributed by atoms with E-state index in [4.69, 9.17) is 9.79 Å². The predicted octanol–water partition coefficient (Wildman–Crippen LogP) is 1.44. The van der Waals surface area contributed by atoms with Crippen molar-refractivity contribution in [3.8, 4) is 0 Å². The van der Waals surface area contributed by atoms with Crippen molar-refractivity contribution in [1.29, 1.82) is 0 Å². The molecule has 1 unspecified atom stereocenters. The lowest BCUT2D eigenvalue weighted by Crippen LogP contribution is -2.22. The minimum Gasteiger partial charge on any atom is -0.370 e. The van der Waals surface area contributed by atoms with Crippen LogP contribution in [0.25, 0.3) is 0 Å². The Morgan fingerprint density at radius 2 is 1.62 bits per heavy atom. The SMILES string of the molecule is COP(=O)(OC(=O)C(C)(C)C)OP(=O)(O)O. The highest BCUT2D eigenvalue weighted by Gasteiger charge is 2.40. The average Bonchev–Trinajstić information content (AvgIpc) is 1.98. The summed E-state index contributed by atoms with van der Waals surface area (Å²) >= 11 is 0. The fraction of sp³-hybridized carbons (Fsp3) is 0.833. The van der Waals surface area contributed by atoms with Crippen LogP contribution in [-0.2, 0) is 27.3 Å². The summed E-state index contributed by atoms with van der Waals surface area (Å²) in [5, 5.41) is 0. The first-order chi connectivity index (χ1) is 6.90. The fourth-order valence-corrected chi connectivity index (χ4v) is 2.45. The second kappa shape index (κ2) is 4.96. The van der Waals surface area contributed by atoms with Gasteiger partial charge in [0, 0.05) is 7.11 Å². The summed E-state index contributed by atoms with van der Waals surface area (Å²) in [5.41, 5.74) is -1.01. The van der Waals surface area contributed by atoms with E-state index in [1.165, 1.54) is 20.8 Å². The molecule has 0 aliphatic rings. The highest BCUT2D eigenvalue weighted by Crippen LogP contribution is 2.61. The monoisotopic (exact) mass is 276 g/mol. The smallest absolute Gasteiger partial charge is 0.370 e. The van der Waals surface area contributed by atoms with Gasteiger partial charge in [0.05, 0.1) is 5.41 Å². The molecule has 0 fully saturated rings. The van der Waals surface area contributed by atoms with Crippen molar-refractivity contribution in [2.24, 2.45) is 5.41 Å². The van der Waals surface area contributed by atoms with E-state index in [-0.39, 0.29) is 0 Å². The average molecular weight is 276 g/mol. The molecule has 0 rings (SSSR count). The molecule has 0 aromatic carbocycles. The number of rotatable bonds is 4. The zero-order valence-electron chi connectivity index (χ0n) is 9.24. The lowest BCUT2D eigenvalue weighted by atomic mass is 9.98. The first-order valence-corrected chi connectivity index (χ1v) is 7.05. The van der Waals surface area contributed by atoms with Crippen molar-refractivity contribution in [2.45, 2.75) is 20.8 Å². The summed E-state index contributed by atoms with van der Waals surface area (Å²) in [6.07, 6.45) is 0. The van der Waals surface area contributed by atoms with Crippen molar-refractivity contribution >= 4 is 21.6 Å². The predicted molar refractivity (Wildman–Crippen MR) is 53.3 cm³/mol. The summed E-state index contributed by atoms with van der Waals surface area (Å²) in [7, 11) is -8.82. The number of hydrogen-bond donors (Lipinski definition) is 2. The second-order valence-electron chi connectivity index (χ2n) is 3.83. The molecule has 0 aliphatic carbocycles. The quantitative estimate of drug-likeness (QED) is 0.740. The summed E-state index contributed by atoms with van der Waals surface area (Å²) < 4.78 is 34.2. The molecule has 2 N–H and O–H groups in total. The number of carbonyl (C=O) groups excluding carboxylic acids is 1. The van der Waals surface area contributed by atoms with Crippen LogP contribution in [0.2, 0.25) is 0 Å². The molecule has 8 nitrogen and oxygen atoms in total. The van der Waals surface area contributed by atoms with Crippen LogP contribution in [0.4, 0.5) is 0 Å². The normalized spacial score (nSPS) is 16.6. The number of phosphoric acid groups is 2. The van der Waals surface area contributed by atoms with Gasteiger partial charge in [-0.1, -0.05) is 0 Å². The molecular formula is C6H14O8P2. The minimum atomic E-state index is -5.08. The van der Waals surface area contributed by atoms with Gasteiger partial charge in [0.2, 0.25) is 0 Å². The maximum atomic E-state index is 11.5. The Balaban J connectivity index is 4.83. The van der Waals surface area contributed by atoms with E-state index in [1.54, 1.807) is 0 Å². The summed E-state index contributed by atoms with van der Waals surface area (Å²) in [4.78, 5) is 28.2. The number of hydrogen-bond acceptors (Lipinski definition) is 6. The molecule has 0 radical (unpaired) electrons. The van der Waals surface area contributed by atoms with Crippen molar-refractivity contribution in [3.63, 3.8) is 0 Å². The first-order valence-electron chi connectivity index (χ1n) is 4.06. The van der Waals surface area contributed by atoms with E-state index >= 15 is 0 Å². The van der Waals surface area contributed by atoms with Crippen LogP contribution in [0.3, 0.4) is 0 Å². The van der Waals surface area contributed by atoms with Crippen LogP contribution in [0.15, 0.2) is 0 Å². The van der Waals surface area contributed by atoms with Gasteiger partial charge in [0.1, 0.15) is 0 Å². The summed E-state index contributed by atoms with van der Waals surface area (Å²) in [6.45, 7) is 4.40. The first kappa shape index (κ1) is 15.8.